The third-order valence-electron chi connectivity index (χ3n) is 6.42. The van der Waals surface area contributed by atoms with Crippen LogP contribution in [0.5, 0.6) is 11.5 Å². The Morgan fingerprint density at radius 1 is 0.917 bits per heavy atom. The van der Waals surface area contributed by atoms with Crippen molar-refractivity contribution in [3.8, 4) is 22.6 Å². The molecule has 0 atom stereocenters. The number of fused-ring (bicyclic) bond motifs is 4. The Morgan fingerprint density at radius 3 is 2.50 bits per heavy atom. The van der Waals surface area contributed by atoms with Gasteiger partial charge >= 0.3 is 11.9 Å². The van der Waals surface area contributed by atoms with Gasteiger partial charge in [-0.1, -0.05) is 48.5 Å². The normalized spacial score (nSPS) is 12.1. The molecule has 0 fully saturated rings. The summed E-state index contributed by atoms with van der Waals surface area (Å²) < 4.78 is 17.3. The lowest BCUT2D eigenvalue weighted by molar-refractivity contribution is 0.0472. The number of aromatic nitrogens is 1. The highest BCUT2D eigenvalue weighted by Gasteiger charge is 2.30. The van der Waals surface area contributed by atoms with E-state index in [1.807, 2.05) is 66.7 Å². The Morgan fingerprint density at radius 2 is 1.69 bits per heavy atom. The average Bonchev–Trinajstić information content (AvgIpc) is 3.04. The van der Waals surface area contributed by atoms with Gasteiger partial charge in [-0.05, 0) is 48.4 Å². The lowest BCUT2D eigenvalue weighted by atomic mass is 9.92. The molecule has 4 aromatic carbocycles. The van der Waals surface area contributed by atoms with Crippen LogP contribution in [0.3, 0.4) is 0 Å². The third kappa shape index (κ3) is 3.46. The number of rotatable bonds is 4. The Labute approximate surface area is 207 Å². The number of nitrogens with zero attached hydrogens (tertiary/aromatic N) is 1. The number of carbonyl (C=O) groups excluding carboxylic acids is 2. The highest BCUT2D eigenvalue weighted by atomic mass is 16.5. The highest BCUT2D eigenvalue weighted by molar-refractivity contribution is 6.21. The maximum absolute atomic E-state index is 13.5. The van der Waals surface area contributed by atoms with Gasteiger partial charge in [0.2, 0.25) is 0 Å². The van der Waals surface area contributed by atoms with E-state index in [0.29, 0.717) is 61.1 Å². The second-order valence-corrected chi connectivity index (χ2v) is 8.66. The summed E-state index contributed by atoms with van der Waals surface area (Å²) in [6.45, 7) is 1.96. The number of para-hydroxylation sites is 1. The largest absolute Gasteiger partial charge is 0.496 e. The molecule has 0 bridgehead atoms. The van der Waals surface area contributed by atoms with Gasteiger partial charge in [0.15, 0.2) is 0 Å². The SMILES string of the molecule is COc1ccc2nc3ccccc3c3c2c1-c1cc(C(=O)OCc2ccccc2)cc(C)c1OC3=O. The van der Waals surface area contributed by atoms with Crippen LogP contribution in [0.25, 0.3) is 32.9 Å². The van der Waals surface area contributed by atoms with Crippen molar-refractivity contribution in [2.45, 2.75) is 13.5 Å². The van der Waals surface area contributed by atoms with Crippen LogP contribution in [0, 0.1) is 6.92 Å². The van der Waals surface area contributed by atoms with E-state index in [0.717, 1.165) is 5.56 Å². The van der Waals surface area contributed by atoms with Crippen molar-refractivity contribution >= 4 is 33.7 Å². The Bertz CT molecular complexity index is 1690. The van der Waals surface area contributed by atoms with E-state index in [1.54, 1.807) is 26.2 Å². The Kier molecular flexibility index (Phi) is 5.15. The van der Waals surface area contributed by atoms with Gasteiger partial charge in [0.1, 0.15) is 18.1 Å². The van der Waals surface area contributed by atoms with Crippen LogP contribution in [0.2, 0.25) is 0 Å². The first kappa shape index (κ1) is 21.8. The first-order valence-corrected chi connectivity index (χ1v) is 11.5. The smallest absolute Gasteiger partial charge is 0.344 e. The van der Waals surface area contributed by atoms with E-state index in [9.17, 15) is 9.59 Å². The molecule has 1 aromatic heterocycles. The topological polar surface area (TPSA) is 74.7 Å². The number of aryl methyl sites for hydroxylation is 1. The van der Waals surface area contributed by atoms with Crippen molar-refractivity contribution in [1.29, 1.82) is 0 Å². The number of pyridine rings is 1. The van der Waals surface area contributed by atoms with Gasteiger partial charge in [-0.25, -0.2) is 14.6 Å². The van der Waals surface area contributed by atoms with Gasteiger partial charge in [0.25, 0.3) is 0 Å². The molecule has 0 spiro atoms. The summed E-state index contributed by atoms with van der Waals surface area (Å²) in [6, 6.07) is 24.0. The summed E-state index contributed by atoms with van der Waals surface area (Å²) in [7, 11) is 1.57. The minimum Gasteiger partial charge on any atom is -0.496 e. The van der Waals surface area contributed by atoms with Crippen molar-refractivity contribution in [3.63, 3.8) is 0 Å². The van der Waals surface area contributed by atoms with E-state index in [4.69, 9.17) is 19.2 Å². The van der Waals surface area contributed by atoms with Gasteiger partial charge in [-0.15, -0.1) is 0 Å². The molecule has 2 heterocycles. The molecule has 0 aliphatic carbocycles. The molecule has 0 saturated heterocycles. The number of benzene rings is 4. The quantitative estimate of drug-likeness (QED) is 0.173. The molecule has 0 unspecified atom stereocenters. The standard InChI is InChI=1S/C30H21NO5/c1-17-14-19(29(32)35-16-18-8-4-3-5-9-18)15-21-25-24(34-2)13-12-23-27(25)26(30(33)36-28(17)21)20-10-6-7-11-22(20)31-23/h3-15H,16H2,1-2H3. The minimum atomic E-state index is -0.477. The molecule has 0 amide bonds. The third-order valence-corrected chi connectivity index (χ3v) is 6.42. The Hall–Kier alpha value is -4.71. The fourth-order valence-electron chi connectivity index (χ4n) is 4.78. The zero-order valence-electron chi connectivity index (χ0n) is 19.7. The summed E-state index contributed by atoms with van der Waals surface area (Å²) in [5, 5.41) is 1.32. The van der Waals surface area contributed by atoms with Crippen LogP contribution in [0.15, 0.2) is 78.9 Å². The van der Waals surface area contributed by atoms with Gasteiger partial charge in [-0.3, -0.25) is 0 Å². The van der Waals surface area contributed by atoms with E-state index in [1.165, 1.54) is 0 Å². The van der Waals surface area contributed by atoms with Crippen molar-refractivity contribution in [2.75, 3.05) is 7.11 Å². The molecule has 6 rings (SSSR count). The molecule has 0 saturated carbocycles. The summed E-state index contributed by atoms with van der Waals surface area (Å²) in [4.78, 5) is 31.4. The second kappa shape index (κ2) is 8.50. The van der Waals surface area contributed by atoms with Crippen LogP contribution in [0.1, 0.15) is 31.8 Å². The molecule has 6 nitrogen and oxygen atoms in total. The molecule has 0 N–H and O–H groups in total. The fraction of sp³-hybridized carbons (Fsp3) is 0.100. The lowest BCUT2D eigenvalue weighted by Gasteiger charge is -2.16. The number of hydrogen-bond acceptors (Lipinski definition) is 6. The van der Waals surface area contributed by atoms with Crippen LogP contribution in [-0.2, 0) is 11.3 Å². The van der Waals surface area contributed by atoms with E-state index >= 15 is 0 Å². The Balaban J connectivity index is 1.57. The first-order valence-electron chi connectivity index (χ1n) is 11.5. The lowest BCUT2D eigenvalue weighted by Crippen LogP contribution is -2.11. The zero-order chi connectivity index (χ0) is 24.8. The summed E-state index contributed by atoms with van der Waals surface area (Å²) in [5.41, 5.74) is 4.88. The number of esters is 2. The molecule has 5 aromatic rings. The molecule has 1 aliphatic rings. The van der Waals surface area contributed by atoms with Crippen molar-refractivity contribution in [2.24, 2.45) is 0 Å². The summed E-state index contributed by atoms with van der Waals surface area (Å²) in [5.74, 6) is -0.0158. The molecule has 0 radical (unpaired) electrons. The predicted octanol–water partition coefficient (Wildman–Crippen LogP) is 6.26. The van der Waals surface area contributed by atoms with Crippen LogP contribution in [-0.4, -0.2) is 24.0 Å². The molecule has 6 heteroatoms. The van der Waals surface area contributed by atoms with Gasteiger partial charge in [0, 0.05) is 21.9 Å². The highest BCUT2D eigenvalue weighted by Crippen LogP contribution is 2.47. The van der Waals surface area contributed by atoms with E-state index in [2.05, 4.69) is 0 Å². The van der Waals surface area contributed by atoms with E-state index in [-0.39, 0.29) is 6.61 Å². The molecule has 176 valence electrons. The van der Waals surface area contributed by atoms with Crippen molar-refractivity contribution in [1.82, 2.24) is 4.98 Å². The number of ether oxygens (including phenoxy) is 3. The summed E-state index contributed by atoms with van der Waals surface area (Å²) >= 11 is 0. The summed E-state index contributed by atoms with van der Waals surface area (Å²) in [6.07, 6.45) is 0. The van der Waals surface area contributed by atoms with Crippen LogP contribution < -0.4 is 9.47 Å². The maximum Gasteiger partial charge on any atom is 0.344 e. The fourth-order valence-corrected chi connectivity index (χ4v) is 4.78. The van der Waals surface area contributed by atoms with Crippen LogP contribution >= 0.6 is 0 Å². The zero-order valence-corrected chi connectivity index (χ0v) is 19.7. The first-order chi connectivity index (χ1) is 17.5. The van der Waals surface area contributed by atoms with E-state index < -0.39 is 11.9 Å². The molecular formula is C30H21NO5. The second-order valence-electron chi connectivity index (χ2n) is 8.66. The van der Waals surface area contributed by atoms with Gasteiger partial charge < -0.3 is 14.2 Å². The predicted molar refractivity (Wildman–Crippen MR) is 136 cm³/mol. The monoisotopic (exact) mass is 475 g/mol. The minimum absolute atomic E-state index is 0.155. The molecule has 1 aliphatic heterocycles. The maximum atomic E-state index is 13.5. The molecule has 36 heavy (non-hydrogen) atoms. The number of methoxy groups -OCH3 is 1. The van der Waals surface area contributed by atoms with Crippen molar-refractivity contribution in [3.05, 3.63) is 101 Å². The van der Waals surface area contributed by atoms with Gasteiger partial charge in [0.05, 0.1) is 29.3 Å². The number of hydrogen-bond donors (Lipinski definition) is 0. The van der Waals surface area contributed by atoms with Gasteiger partial charge in [-0.2, -0.15) is 0 Å². The number of carbonyl (C=O) groups is 2. The molecular weight excluding hydrogens is 454 g/mol. The van der Waals surface area contributed by atoms with Crippen LogP contribution in [0.4, 0.5) is 0 Å². The van der Waals surface area contributed by atoms with Crippen molar-refractivity contribution < 1.29 is 23.8 Å². The average molecular weight is 476 g/mol.